The molecule has 33 heavy (non-hydrogen) atoms. The van der Waals surface area contributed by atoms with E-state index in [4.69, 9.17) is 10.1 Å². The molecule has 0 aromatic carbocycles. The number of carbonyl (C=O) groups excluding carboxylic acids is 1. The van der Waals surface area contributed by atoms with E-state index in [9.17, 15) is 4.79 Å². The molecule has 174 valence electrons. The smallest absolute Gasteiger partial charge is 0.223 e. The van der Waals surface area contributed by atoms with E-state index in [1.54, 1.807) is 0 Å². The summed E-state index contributed by atoms with van der Waals surface area (Å²) in [7, 11) is 2.00. The van der Waals surface area contributed by atoms with E-state index in [0.717, 1.165) is 68.8 Å². The predicted octanol–water partition coefficient (Wildman–Crippen LogP) is 3.28. The van der Waals surface area contributed by atoms with Crippen molar-refractivity contribution in [2.45, 2.75) is 70.3 Å². The highest BCUT2D eigenvalue weighted by Gasteiger charge is 2.30. The highest BCUT2D eigenvalue weighted by Crippen LogP contribution is 2.33. The Bertz CT molecular complexity index is 1170. The molecule has 0 bridgehead atoms. The van der Waals surface area contributed by atoms with Crippen molar-refractivity contribution in [1.82, 2.24) is 29.5 Å². The third kappa shape index (κ3) is 3.79. The number of nitrogens with one attached hydrogen (secondary N) is 1. The molecule has 0 unspecified atom stereocenters. The molecule has 8 nitrogen and oxygen atoms in total. The number of nitrogens with zero attached hydrogens (tertiary/aromatic N) is 6. The van der Waals surface area contributed by atoms with Gasteiger partial charge in [-0.3, -0.25) is 4.79 Å². The summed E-state index contributed by atoms with van der Waals surface area (Å²) >= 11 is 0. The van der Waals surface area contributed by atoms with E-state index < -0.39 is 0 Å². The molecule has 6 rings (SSSR count). The van der Waals surface area contributed by atoms with Gasteiger partial charge in [-0.15, -0.1) is 0 Å². The van der Waals surface area contributed by atoms with E-state index >= 15 is 0 Å². The van der Waals surface area contributed by atoms with Crippen molar-refractivity contribution in [3.63, 3.8) is 0 Å². The first-order valence-electron chi connectivity index (χ1n) is 12.6. The third-order valence-electron chi connectivity index (χ3n) is 7.77. The van der Waals surface area contributed by atoms with Gasteiger partial charge in [0, 0.05) is 61.8 Å². The first-order valence-corrected chi connectivity index (χ1v) is 12.6. The van der Waals surface area contributed by atoms with Crippen LogP contribution in [0.15, 0.2) is 18.5 Å². The Morgan fingerprint density at radius 2 is 1.85 bits per heavy atom. The number of aromatic nitrogens is 5. The van der Waals surface area contributed by atoms with Crippen LogP contribution in [0.25, 0.3) is 17.2 Å². The Morgan fingerprint density at radius 1 is 1.06 bits per heavy atom. The molecule has 0 radical (unpaired) electrons. The quantitative estimate of drug-likeness (QED) is 0.664. The summed E-state index contributed by atoms with van der Waals surface area (Å²) in [6.07, 6.45) is 14.7. The second-order valence-electron chi connectivity index (χ2n) is 9.98. The van der Waals surface area contributed by atoms with Crippen LogP contribution < -0.4 is 10.2 Å². The number of hydrogen-bond acceptors (Lipinski definition) is 5. The molecule has 1 N–H and O–H groups in total. The number of carbonyl (C=O) groups is 1. The zero-order valence-corrected chi connectivity index (χ0v) is 19.5. The average molecular weight is 448 g/mol. The minimum Gasteiger partial charge on any atom is -0.356 e. The summed E-state index contributed by atoms with van der Waals surface area (Å²) in [5.74, 6) is 2.58. The Labute approximate surface area is 194 Å². The Kier molecular flexibility index (Phi) is 5.31. The van der Waals surface area contributed by atoms with Crippen molar-refractivity contribution in [3.05, 3.63) is 29.7 Å². The van der Waals surface area contributed by atoms with Crippen molar-refractivity contribution in [2.24, 2.45) is 13.0 Å². The van der Waals surface area contributed by atoms with E-state index in [1.165, 1.54) is 42.8 Å². The lowest BCUT2D eigenvalue weighted by molar-refractivity contribution is -0.125. The molecule has 0 spiro atoms. The van der Waals surface area contributed by atoms with Crippen LogP contribution in [0.5, 0.6) is 0 Å². The van der Waals surface area contributed by atoms with Gasteiger partial charge in [0.2, 0.25) is 5.91 Å². The molecule has 1 saturated carbocycles. The Hall–Kier alpha value is -2.90. The number of rotatable bonds is 4. The molecule has 3 aromatic heterocycles. The third-order valence-corrected chi connectivity index (χ3v) is 7.77. The molecule has 2 fully saturated rings. The second-order valence-corrected chi connectivity index (χ2v) is 9.98. The minimum absolute atomic E-state index is 0.239. The lowest BCUT2D eigenvalue weighted by atomic mass is 9.95. The number of fused-ring (bicyclic) bond motifs is 2. The molecule has 1 saturated heterocycles. The maximum atomic E-state index is 12.6. The summed E-state index contributed by atoms with van der Waals surface area (Å²) in [4.78, 5) is 24.6. The lowest BCUT2D eigenvalue weighted by Crippen LogP contribution is -2.46. The SMILES string of the molecule is Cn1ccnc1-c1cc2nc3c(c(N4CCC(NC(=O)C5CCCC5)CC4)n2n1)CCCC3. The van der Waals surface area contributed by atoms with Crippen LogP contribution in [0.2, 0.25) is 0 Å². The summed E-state index contributed by atoms with van der Waals surface area (Å²) < 4.78 is 4.05. The molecule has 1 amide bonds. The number of aryl methyl sites for hydroxylation is 2. The van der Waals surface area contributed by atoms with Crippen molar-refractivity contribution in [1.29, 1.82) is 0 Å². The van der Waals surface area contributed by atoms with Gasteiger partial charge >= 0.3 is 0 Å². The highest BCUT2D eigenvalue weighted by molar-refractivity contribution is 5.79. The zero-order valence-electron chi connectivity index (χ0n) is 19.5. The molecule has 3 aliphatic rings. The maximum absolute atomic E-state index is 12.6. The average Bonchev–Trinajstić information content (AvgIpc) is 3.59. The van der Waals surface area contributed by atoms with E-state index in [-0.39, 0.29) is 17.9 Å². The fourth-order valence-electron chi connectivity index (χ4n) is 5.92. The molecule has 2 aliphatic carbocycles. The van der Waals surface area contributed by atoms with E-state index in [1.807, 2.05) is 28.5 Å². The number of piperidine rings is 1. The van der Waals surface area contributed by atoms with Gasteiger partial charge in [-0.05, 0) is 51.4 Å². The second kappa shape index (κ2) is 8.47. The molecule has 1 aliphatic heterocycles. The van der Waals surface area contributed by atoms with Gasteiger partial charge in [-0.2, -0.15) is 9.61 Å². The molecule has 8 heteroatoms. The van der Waals surface area contributed by atoms with Gasteiger partial charge in [-0.1, -0.05) is 12.8 Å². The normalized spacial score (nSPS) is 19.8. The first kappa shape index (κ1) is 20.7. The van der Waals surface area contributed by atoms with Crippen LogP contribution in [0, 0.1) is 5.92 Å². The summed E-state index contributed by atoms with van der Waals surface area (Å²) in [5, 5.41) is 8.33. The van der Waals surface area contributed by atoms with Crippen LogP contribution >= 0.6 is 0 Å². The number of anilines is 1. The van der Waals surface area contributed by atoms with Crippen LogP contribution in [0.4, 0.5) is 5.82 Å². The van der Waals surface area contributed by atoms with Crippen molar-refractivity contribution >= 4 is 17.4 Å². The Morgan fingerprint density at radius 3 is 2.61 bits per heavy atom. The van der Waals surface area contributed by atoms with Crippen molar-refractivity contribution < 1.29 is 4.79 Å². The van der Waals surface area contributed by atoms with Crippen molar-refractivity contribution in [3.8, 4) is 11.5 Å². The van der Waals surface area contributed by atoms with Gasteiger partial charge in [0.05, 0.1) is 0 Å². The van der Waals surface area contributed by atoms with Gasteiger partial charge < -0.3 is 14.8 Å². The zero-order chi connectivity index (χ0) is 22.4. The Balaban J connectivity index is 1.28. The minimum atomic E-state index is 0.239. The molecule has 4 heterocycles. The first-order chi connectivity index (χ1) is 16.2. The predicted molar refractivity (Wildman–Crippen MR) is 127 cm³/mol. The number of imidazole rings is 1. The largest absolute Gasteiger partial charge is 0.356 e. The van der Waals surface area contributed by atoms with Crippen LogP contribution in [0.1, 0.15) is 62.6 Å². The fourth-order valence-corrected chi connectivity index (χ4v) is 5.92. The van der Waals surface area contributed by atoms with Gasteiger partial charge in [0.1, 0.15) is 11.5 Å². The highest BCUT2D eigenvalue weighted by atomic mass is 16.1. The molecular weight excluding hydrogens is 414 g/mol. The van der Waals surface area contributed by atoms with E-state index in [2.05, 4.69) is 21.3 Å². The lowest BCUT2D eigenvalue weighted by Gasteiger charge is -2.36. The number of hydrogen-bond donors (Lipinski definition) is 1. The van der Waals surface area contributed by atoms with E-state index in [0.29, 0.717) is 0 Å². The standard InChI is InChI=1S/C25H33N7O/c1-30-15-12-26-23(30)21-16-22-28-20-9-5-4-8-19(20)25(32(22)29-21)31-13-10-18(11-14-31)27-24(33)17-6-2-3-7-17/h12,15-18H,2-11,13-14H2,1H3,(H,27,33). The maximum Gasteiger partial charge on any atom is 0.223 e. The van der Waals surface area contributed by atoms with Crippen LogP contribution in [0.3, 0.4) is 0 Å². The van der Waals surface area contributed by atoms with Gasteiger partial charge in [0.25, 0.3) is 0 Å². The van der Waals surface area contributed by atoms with Crippen LogP contribution in [-0.4, -0.2) is 49.2 Å². The van der Waals surface area contributed by atoms with Crippen LogP contribution in [-0.2, 0) is 24.7 Å². The topological polar surface area (TPSA) is 80.4 Å². The molecule has 3 aromatic rings. The summed E-state index contributed by atoms with van der Waals surface area (Å²) in [6.45, 7) is 1.86. The monoisotopic (exact) mass is 447 g/mol. The van der Waals surface area contributed by atoms with Gasteiger partial charge in [0.15, 0.2) is 11.5 Å². The summed E-state index contributed by atoms with van der Waals surface area (Å²) in [5.41, 5.74) is 4.35. The van der Waals surface area contributed by atoms with Crippen molar-refractivity contribution in [2.75, 3.05) is 18.0 Å². The molecular formula is C25H33N7O. The molecule has 0 atom stereocenters. The summed E-state index contributed by atoms with van der Waals surface area (Å²) in [6, 6.07) is 2.35. The fraction of sp³-hybridized carbons (Fsp3) is 0.600. The van der Waals surface area contributed by atoms with Gasteiger partial charge in [-0.25, -0.2) is 9.97 Å². The number of amides is 1.